The van der Waals surface area contributed by atoms with Gasteiger partial charge >= 0.3 is 0 Å². The van der Waals surface area contributed by atoms with Crippen molar-refractivity contribution in [2.24, 2.45) is 0 Å². The van der Waals surface area contributed by atoms with E-state index in [1.165, 1.54) is 0 Å². The molecule has 0 atom stereocenters. The van der Waals surface area contributed by atoms with Crippen LogP contribution in [0.25, 0.3) is 0 Å². The summed E-state index contributed by atoms with van der Waals surface area (Å²) in [6.45, 7) is 6.56. The number of hydrogen-bond acceptors (Lipinski definition) is 3. The molecule has 0 fully saturated rings. The lowest BCUT2D eigenvalue weighted by molar-refractivity contribution is 0.194. The Morgan fingerprint density at radius 2 is 2.00 bits per heavy atom. The molecular formula is C14H21Br2NO2. The minimum atomic E-state index is 0.157. The molecule has 0 spiro atoms. The maximum atomic E-state index is 5.88. The fourth-order valence-corrected chi connectivity index (χ4v) is 3.08. The first-order valence-corrected chi connectivity index (χ1v) is 7.97. The molecule has 0 aliphatic heterocycles. The van der Waals surface area contributed by atoms with E-state index in [1.54, 1.807) is 7.11 Å². The molecule has 1 aromatic rings. The van der Waals surface area contributed by atoms with Crippen molar-refractivity contribution in [3.8, 4) is 5.75 Å². The Hall–Kier alpha value is -0.100. The van der Waals surface area contributed by atoms with E-state index in [0.717, 1.165) is 46.4 Å². The van der Waals surface area contributed by atoms with E-state index < -0.39 is 0 Å². The highest BCUT2D eigenvalue weighted by atomic mass is 79.9. The summed E-state index contributed by atoms with van der Waals surface area (Å²) in [5, 5.41) is 3.40. The van der Waals surface area contributed by atoms with Gasteiger partial charge in [0.2, 0.25) is 0 Å². The third kappa shape index (κ3) is 6.25. The van der Waals surface area contributed by atoms with Crippen LogP contribution in [-0.2, 0) is 11.3 Å². The van der Waals surface area contributed by atoms with Gasteiger partial charge in [-0.05, 0) is 54.9 Å². The highest BCUT2D eigenvalue weighted by Crippen LogP contribution is 2.33. The van der Waals surface area contributed by atoms with Gasteiger partial charge in [0.1, 0.15) is 5.75 Å². The van der Waals surface area contributed by atoms with Crippen LogP contribution in [0, 0.1) is 0 Å². The molecule has 3 nitrogen and oxygen atoms in total. The van der Waals surface area contributed by atoms with Gasteiger partial charge in [-0.15, -0.1) is 0 Å². The summed E-state index contributed by atoms with van der Waals surface area (Å²) in [5.74, 6) is 0.914. The Morgan fingerprint density at radius 1 is 1.26 bits per heavy atom. The van der Waals surface area contributed by atoms with Crippen LogP contribution in [0.3, 0.4) is 0 Å². The number of ether oxygens (including phenoxy) is 2. The molecule has 1 rings (SSSR count). The molecule has 0 saturated carbocycles. The van der Waals surface area contributed by atoms with Crippen LogP contribution in [0.1, 0.15) is 25.8 Å². The fourth-order valence-electron chi connectivity index (χ4n) is 1.68. The largest absolute Gasteiger partial charge is 0.489 e. The maximum absolute atomic E-state index is 5.88. The highest BCUT2D eigenvalue weighted by Gasteiger charge is 2.11. The van der Waals surface area contributed by atoms with Crippen molar-refractivity contribution in [1.29, 1.82) is 0 Å². The molecular weight excluding hydrogens is 374 g/mol. The Bertz CT molecular complexity index is 397. The van der Waals surface area contributed by atoms with Crippen molar-refractivity contribution in [3.05, 3.63) is 26.6 Å². The maximum Gasteiger partial charge on any atom is 0.138 e. The lowest BCUT2D eigenvalue weighted by Crippen LogP contribution is -2.18. The Kier molecular flexibility index (Phi) is 7.99. The van der Waals surface area contributed by atoms with E-state index in [0.29, 0.717) is 0 Å². The van der Waals surface area contributed by atoms with Crippen LogP contribution in [0.4, 0.5) is 0 Å². The molecule has 0 saturated heterocycles. The average Bonchev–Trinajstić information content (AvgIpc) is 2.32. The van der Waals surface area contributed by atoms with Crippen LogP contribution < -0.4 is 10.1 Å². The molecule has 0 aromatic heterocycles. The summed E-state index contributed by atoms with van der Waals surface area (Å²) in [5.41, 5.74) is 1.15. The summed E-state index contributed by atoms with van der Waals surface area (Å²) in [6.07, 6.45) is 1.16. The van der Waals surface area contributed by atoms with Gasteiger partial charge in [-0.25, -0.2) is 0 Å². The van der Waals surface area contributed by atoms with Crippen molar-refractivity contribution in [1.82, 2.24) is 5.32 Å². The van der Waals surface area contributed by atoms with Crippen molar-refractivity contribution in [2.75, 3.05) is 20.3 Å². The summed E-state index contributed by atoms with van der Waals surface area (Å²) >= 11 is 7.07. The van der Waals surface area contributed by atoms with Crippen LogP contribution in [0.5, 0.6) is 5.75 Å². The first-order valence-electron chi connectivity index (χ1n) is 6.38. The predicted molar refractivity (Wildman–Crippen MR) is 85.8 cm³/mol. The third-order valence-electron chi connectivity index (χ3n) is 2.46. The topological polar surface area (TPSA) is 30.5 Å². The van der Waals surface area contributed by atoms with Crippen molar-refractivity contribution < 1.29 is 9.47 Å². The van der Waals surface area contributed by atoms with Crippen LogP contribution in [0.15, 0.2) is 21.1 Å². The summed E-state index contributed by atoms with van der Waals surface area (Å²) in [6, 6.07) is 4.10. The zero-order valence-corrected chi connectivity index (χ0v) is 14.8. The van der Waals surface area contributed by atoms with Gasteiger partial charge < -0.3 is 14.8 Å². The van der Waals surface area contributed by atoms with Crippen LogP contribution >= 0.6 is 31.9 Å². The molecule has 0 aliphatic carbocycles. The molecule has 0 aliphatic rings. The Balaban J connectivity index is 2.68. The second-order valence-electron chi connectivity index (χ2n) is 4.57. The Morgan fingerprint density at radius 3 is 2.63 bits per heavy atom. The van der Waals surface area contributed by atoms with Gasteiger partial charge in [-0.2, -0.15) is 0 Å². The van der Waals surface area contributed by atoms with E-state index in [-0.39, 0.29) is 6.10 Å². The van der Waals surface area contributed by atoms with Gasteiger partial charge in [0.25, 0.3) is 0 Å². The van der Waals surface area contributed by atoms with E-state index in [2.05, 4.69) is 43.2 Å². The normalized spacial score (nSPS) is 11.1. The van der Waals surface area contributed by atoms with Crippen molar-refractivity contribution in [3.63, 3.8) is 0 Å². The second-order valence-corrected chi connectivity index (χ2v) is 6.34. The molecule has 0 heterocycles. The first kappa shape index (κ1) is 17.0. The van der Waals surface area contributed by atoms with Crippen LogP contribution in [0.2, 0.25) is 0 Å². The van der Waals surface area contributed by atoms with E-state index in [4.69, 9.17) is 9.47 Å². The summed E-state index contributed by atoms with van der Waals surface area (Å²) < 4.78 is 12.9. The third-order valence-corrected chi connectivity index (χ3v) is 3.50. The highest BCUT2D eigenvalue weighted by molar-refractivity contribution is 9.11. The molecule has 1 aromatic carbocycles. The van der Waals surface area contributed by atoms with Gasteiger partial charge in [-0.1, -0.05) is 15.9 Å². The predicted octanol–water partition coefficient (Wildman–Crippen LogP) is 4.12. The SMILES string of the molecule is COCCCNCc1cc(Br)cc(Br)c1OC(C)C. The van der Waals surface area contributed by atoms with E-state index in [1.807, 2.05) is 19.9 Å². The molecule has 5 heteroatoms. The smallest absolute Gasteiger partial charge is 0.138 e. The average molecular weight is 395 g/mol. The van der Waals surface area contributed by atoms with Gasteiger partial charge in [-0.3, -0.25) is 0 Å². The van der Waals surface area contributed by atoms with Crippen LogP contribution in [-0.4, -0.2) is 26.4 Å². The Labute approximate surface area is 132 Å². The zero-order chi connectivity index (χ0) is 14.3. The number of benzene rings is 1. The second kappa shape index (κ2) is 8.95. The first-order chi connectivity index (χ1) is 9.04. The fraction of sp³-hybridized carbons (Fsp3) is 0.571. The van der Waals surface area contributed by atoms with Gasteiger partial charge in [0, 0.05) is 30.3 Å². The minimum Gasteiger partial charge on any atom is -0.489 e. The standard InChI is InChI=1S/C14H21Br2NO2/c1-10(2)19-14-11(7-12(15)8-13(14)16)9-17-5-4-6-18-3/h7-8,10,17H,4-6,9H2,1-3H3. The number of halogens is 2. The lowest BCUT2D eigenvalue weighted by atomic mass is 10.2. The van der Waals surface area contributed by atoms with Gasteiger partial charge in [0.15, 0.2) is 0 Å². The quantitative estimate of drug-likeness (QED) is 0.672. The molecule has 1 N–H and O–H groups in total. The number of methoxy groups -OCH3 is 1. The molecule has 0 radical (unpaired) electrons. The van der Waals surface area contributed by atoms with E-state index in [9.17, 15) is 0 Å². The number of nitrogens with one attached hydrogen (secondary N) is 1. The van der Waals surface area contributed by atoms with Crippen molar-refractivity contribution >= 4 is 31.9 Å². The van der Waals surface area contributed by atoms with Crippen molar-refractivity contribution in [2.45, 2.75) is 32.9 Å². The summed E-state index contributed by atoms with van der Waals surface area (Å²) in [7, 11) is 1.72. The van der Waals surface area contributed by atoms with E-state index >= 15 is 0 Å². The number of rotatable bonds is 8. The number of hydrogen-bond donors (Lipinski definition) is 1. The molecule has 0 amide bonds. The summed E-state index contributed by atoms with van der Waals surface area (Å²) in [4.78, 5) is 0. The molecule has 0 bridgehead atoms. The monoisotopic (exact) mass is 393 g/mol. The molecule has 0 unspecified atom stereocenters. The minimum absolute atomic E-state index is 0.157. The lowest BCUT2D eigenvalue weighted by Gasteiger charge is -2.17. The molecule has 19 heavy (non-hydrogen) atoms. The van der Waals surface area contributed by atoms with Gasteiger partial charge in [0.05, 0.1) is 10.6 Å². The zero-order valence-electron chi connectivity index (χ0n) is 11.6. The molecule has 108 valence electrons.